The summed E-state index contributed by atoms with van der Waals surface area (Å²) in [6, 6.07) is 8.82. The molecule has 1 saturated heterocycles. The van der Waals surface area contributed by atoms with Crippen molar-refractivity contribution in [2.45, 2.75) is 12.5 Å². The molecular weight excluding hydrogens is 407 g/mol. The molecule has 4 aromatic rings. The van der Waals surface area contributed by atoms with Crippen molar-refractivity contribution in [1.82, 2.24) is 25.1 Å². The normalized spacial score (nSPS) is 15.6. The SMILES string of the molecule is C#Cc1cc(F)c2nc(Nc3cc(O[C@@H]4CCNC4)cc(-c4cnn(C)c4)c3)ncc2c1. The molecule has 1 aliphatic heterocycles. The molecule has 5 rings (SSSR count). The van der Waals surface area contributed by atoms with Crippen LogP contribution in [0.4, 0.5) is 16.0 Å². The molecule has 0 unspecified atom stereocenters. The lowest BCUT2D eigenvalue weighted by Crippen LogP contribution is -2.19. The molecule has 2 aromatic carbocycles. The summed E-state index contributed by atoms with van der Waals surface area (Å²) >= 11 is 0. The summed E-state index contributed by atoms with van der Waals surface area (Å²) in [6.45, 7) is 1.75. The number of nitrogens with one attached hydrogen (secondary N) is 2. The number of nitrogens with zero attached hydrogens (tertiary/aromatic N) is 4. The molecule has 7 nitrogen and oxygen atoms in total. The predicted octanol–water partition coefficient (Wildman–Crippen LogP) is 3.64. The highest BCUT2D eigenvalue weighted by molar-refractivity contribution is 5.81. The Hall–Kier alpha value is -3.96. The van der Waals surface area contributed by atoms with E-state index in [2.05, 4.69) is 31.6 Å². The Morgan fingerprint density at radius 3 is 2.88 bits per heavy atom. The van der Waals surface area contributed by atoms with Crippen LogP contribution in [0.1, 0.15) is 12.0 Å². The van der Waals surface area contributed by atoms with Gasteiger partial charge in [-0.2, -0.15) is 5.10 Å². The fraction of sp³-hybridized carbons (Fsp3) is 0.208. The van der Waals surface area contributed by atoms with Crippen LogP contribution in [0.25, 0.3) is 22.0 Å². The molecule has 8 heteroatoms. The van der Waals surface area contributed by atoms with Crippen molar-refractivity contribution in [2.24, 2.45) is 7.05 Å². The van der Waals surface area contributed by atoms with Crippen LogP contribution in [0.15, 0.2) is 48.9 Å². The van der Waals surface area contributed by atoms with Gasteiger partial charge in [-0.15, -0.1) is 6.42 Å². The fourth-order valence-corrected chi connectivity index (χ4v) is 3.77. The van der Waals surface area contributed by atoms with E-state index in [1.165, 1.54) is 6.07 Å². The van der Waals surface area contributed by atoms with Gasteiger partial charge in [0.1, 0.15) is 17.4 Å². The number of benzene rings is 2. The average molecular weight is 428 g/mol. The molecule has 1 atom stereocenters. The number of terminal acetylenes is 1. The zero-order chi connectivity index (χ0) is 22.1. The van der Waals surface area contributed by atoms with E-state index in [1.807, 2.05) is 31.4 Å². The number of hydrogen-bond donors (Lipinski definition) is 2. The fourth-order valence-electron chi connectivity index (χ4n) is 3.77. The maximum atomic E-state index is 14.5. The van der Waals surface area contributed by atoms with E-state index in [9.17, 15) is 4.39 Å². The van der Waals surface area contributed by atoms with E-state index in [0.717, 1.165) is 42.1 Å². The topological polar surface area (TPSA) is 76.9 Å². The van der Waals surface area contributed by atoms with Crippen LogP contribution in [0.3, 0.4) is 0 Å². The summed E-state index contributed by atoms with van der Waals surface area (Å²) in [5.41, 5.74) is 3.28. The van der Waals surface area contributed by atoms with Crippen LogP contribution >= 0.6 is 0 Å². The van der Waals surface area contributed by atoms with Gasteiger partial charge >= 0.3 is 0 Å². The molecule has 0 aliphatic carbocycles. The third-order valence-electron chi connectivity index (χ3n) is 5.32. The van der Waals surface area contributed by atoms with Gasteiger partial charge < -0.3 is 15.4 Å². The minimum atomic E-state index is -0.484. The van der Waals surface area contributed by atoms with E-state index >= 15 is 0 Å². The smallest absolute Gasteiger partial charge is 0.227 e. The van der Waals surface area contributed by atoms with Gasteiger partial charge in [0.2, 0.25) is 5.95 Å². The van der Waals surface area contributed by atoms with Crippen LogP contribution in [0, 0.1) is 18.2 Å². The van der Waals surface area contributed by atoms with Crippen molar-refractivity contribution in [1.29, 1.82) is 0 Å². The second-order valence-corrected chi connectivity index (χ2v) is 7.74. The van der Waals surface area contributed by atoms with Crippen molar-refractivity contribution in [2.75, 3.05) is 18.4 Å². The van der Waals surface area contributed by atoms with Gasteiger partial charge in [-0.05, 0) is 42.8 Å². The summed E-state index contributed by atoms with van der Waals surface area (Å²) in [5.74, 6) is 2.96. The first-order valence-corrected chi connectivity index (χ1v) is 10.3. The maximum absolute atomic E-state index is 14.5. The molecule has 1 fully saturated rings. The molecule has 0 bridgehead atoms. The van der Waals surface area contributed by atoms with E-state index in [4.69, 9.17) is 11.2 Å². The van der Waals surface area contributed by atoms with Gasteiger partial charge in [-0.1, -0.05) is 5.92 Å². The molecular formula is C24H21FN6O. The number of ether oxygens (including phenoxy) is 1. The minimum Gasteiger partial charge on any atom is -0.489 e. The average Bonchev–Trinajstić information content (AvgIpc) is 3.45. The second kappa shape index (κ2) is 8.29. The minimum absolute atomic E-state index is 0.114. The number of halogens is 1. The molecule has 32 heavy (non-hydrogen) atoms. The van der Waals surface area contributed by atoms with Gasteiger partial charge in [0.15, 0.2) is 5.82 Å². The molecule has 2 N–H and O–H groups in total. The first-order valence-electron chi connectivity index (χ1n) is 10.3. The molecule has 1 aliphatic rings. The van der Waals surface area contributed by atoms with Crippen molar-refractivity contribution >= 4 is 22.5 Å². The van der Waals surface area contributed by atoms with Crippen molar-refractivity contribution in [3.63, 3.8) is 0 Å². The molecule has 0 radical (unpaired) electrons. The van der Waals surface area contributed by atoms with E-state index < -0.39 is 5.82 Å². The third-order valence-corrected chi connectivity index (χ3v) is 5.32. The zero-order valence-corrected chi connectivity index (χ0v) is 17.5. The standard InChI is InChI=1S/C24H21FN6O/c1-3-15-6-17-11-27-24(30-23(17)22(25)7-15)29-19-8-16(18-12-28-31(2)14-18)9-21(10-19)32-20-4-5-26-13-20/h1,6-12,14,20,26H,4-5,13H2,2H3,(H,27,29,30)/t20-/m1/s1. The van der Waals surface area contributed by atoms with Crippen LogP contribution in [-0.2, 0) is 7.05 Å². The van der Waals surface area contributed by atoms with Crippen molar-refractivity contribution in [3.05, 3.63) is 60.3 Å². The van der Waals surface area contributed by atoms with Crippen molar-refractivity contribution < 1.29 is 9.13 Å². The lowest BCUT2D eigenvalue weighted by Gasteiger charge is -2.15. The number of aromatic nitrogens is 4. The van der Waals surface area contributed by atoms with Gasteiger partial charge in [-0.3, -0.25) is 4.68 Å². The molecule has 160 valence electrons. The maximum Gasteiger partial charge on any atom is 0.227 e. The predicted molar refractivity (Wildman–Crippen MR) is 121 cm³/mol. The zero-order valence-electron chi connectivity index (χ0n) is 17.5. The monoisotopic (exact) mass is 428 g/mol. The first-order chi connectivity index (χ1) is 15.6. The molecule has 3 heterocycles. The van der Waals surface area contributed by atoms with E-state index in [0.29, 0.717) is 10.9 Å². The molecule has 0 amide bonds. The summed E-state index contributed by atoms with van der Waals surface area (Å²) in [4.78, 5) is 8.69. The highest BCUT2D eigenvalue weighted by Gasteiger charge is 2.17. The number of fused-ring (bicyclic) bond motifs is 1. The Labute approximate surface area is 184 Å². The van der Waals surface area contributed by atoms with E-state index in [1.54, 1.807) is 23.1 Å². The largest absolute Gasteiger partial charge is 0.489 e. The Morgan fingerprint density at radius 2 is 2.12 bits per heavy atom. The molecule has 0 saturated carbocycles. The van der Waals surface area contributed by atoms with Crippen molar-refractivity contribution in [3.8, 4) is 29.2 Å². The van der Waals surface area contributed by atoms with Gasteiger partial charge in [0, 0.05) is 54.3 Å². The van der Waals surface area contributed by atoms with Crippen LogP contribution in [0.2, 0.25) is 0 Å². The summed E-state index contributed by atoms with van der Waals surface area (Å²) in [5, 5.41) is 11.3. The molecule has 0 spiro atoms. The summed E-state index contributed by atoms with van der Waals surface area (Å²) < 4.78 is 22.4. The van der Waals surface area contributed by atoms with Crippen LogP contribution < -0.4 is 15.4 Å². The number of aryl methyl sites for hydroxylation is 1. The quantitative estimate of drug-likeness (QED) is 0.473. The summed E-state index contributed by atoms with van der Waals surface area (Å²) in [7, 11) is 1.87. The molecule has 2 aromatic heterocycles. The Kier molecular flexibility index (Phi) is 5.17. The van der Waals surface area contributed by atoms with Gasteiger partial charge in [0.05, 0.1) is 6.20 Å². The van der Waals surface area contributed by atoms with Crippen LogP contribution in [-0.4, -0.2) is 38.9 Å². The van der Waals surface area contributed by atoms with Gasteiger partial charge in [0.25, 0.3) is 0 Å². The number of hydrogen-bond acceptors (Lipinski definition) is 6. The van der Waals surface area contributed by atoms with E-state index in [-0.39, 0.29) is 17.6 Å². The first kappa shape index (κ1) is 20.0. The van der Waals surface area contributed by atoms with Gasteiger partial charge in [-0.25, -0.2) is 14.4 Å². The lowest BCUT2D eigenvalue weighted by atomic mass is 10.1. The highest BCUT2D eigenvalue weighted by Crippen LogP contribution is 2.31. The number of anilines is 2. The van der Waals surface area contributed by atoms with Crippen LogP contribution in [0.5, 0.6) is 5.75 Å². The summed E-state index contributed by atoms with van der Waals surface area (Å²) in [6.07, 6.45) is 11.7. The Bertz CT molecular complexity index is 1340. The Morgan fingerprint density at radius 1 is 1.22 bits per heavy atom. The third kappa shape index (κ3) is 4.11. The second-order valence-electron chi connectivity index (χ2n) is 7.74. The number of rotatable bonds is 5. The highest BCUT2D eigenvalue weighted by atomic mass is 19.1. The Balaban J connectivity index is 1.50. The lowest BCUT2D eigenvalue weighted by molar-refractivity contribution is 0.223.